The van der Waals surface area contributed by atoms with Crippen LogP contribution >= 0.6 is 0 Å². The summed E-state index contributed by atoms with van der Waals surface area (Å²) in [6.07, 6.45) is 5.42. The standard InChI is InChI=1S/C38H48FN3O5/c1-2-46-36-22-35(29-10-12-31(39)13-11-29)34(28-8-9-28)21-30(36)24-41-19-16-38(17-20-41)26-42(37(45)47-38)32-14-6-27(7-15-32)23-40-18-4-3-5-33(44)25-43/h6-7,10-15,21-22,28,33,40,43-44H,2-5,8-9,16-20,23-26H2,1H3/t33-/m0/s1. The minimum atomic E-state index is -0.625. The van der Waals surface area contributed by atoms with E-state index in [4.69, 9.17) is 14.6 Å². The number of hydrogen-bond donors (Lipinski definition) is 3. The molecule has 0 aromatic heterocycles. The van der Waals surface area contributed by atoms with Crippen LogP contribution in [0.2, 0.25) is 0 Å². The number of hydrogen-bond acceptors (Lipinski definition) is 7. The number of carbonyl (C=O) groups excluding carboxylic acids is 1. The quantitative estimate of drug-likeness (QED) is 0.165. The molecule has 2 heterocycles. The molecule has 3 fully saturated rings. The van der Waals surface area contributed by atoms with Crippen molar-refractivity contribution in [2.45, 2.75) is 82.6 Å². The van der Waals surface area contributed by atoms with Crippen molar-refractivity contribution < 1.29 is 28.9 Å². The van der Waals surface area contributed by atoms with Crippen LogP contribution in [0.4, 0.5) is 14.9 Å². The highest BCUT2D eigenvalue weighted by atomic mass is 19.1. The van der Waals surface area contributed by atoms with Crippen LogP contribution in [0, 0.1) is 5.82 Å². The number of aliphatic hydroxyl groups excluding tert-OH is 2. The van der Waals surface area contributed by atoms with E-state index in [-0.39, 0.29) is 18.5 Å². The summed E-state index contributed by atoms with van der Waals surface area (Å²) in [5.74, 6) is 1.18. The number of likely N-dealkylation sites (tertiary alicyclic amines) is 1. The van der Waals surface area contributed by atoms with Crippen molar-refractivity contribution in [1.29, 1.82) is 0 Å². The Kier molecular flexibility index (Phi) is 10.8. The fourth-order valence-electron chi connectivity index (χ4n) is 6.86. The van der Waals surface area contributed by atoms with Gasteiger partial charge in [0.25, 0.3) is 0 Å². The Morgan fingerprint density at radius 2 is 1.81 bits per heavy atom. The van der Waals surface area contributed by atoms with Gasteiger partial charge < -0.3 is 25.0 Å². The van der Waals surface area contributed by atoms with Crippen LogP contribution < -0.4 is 15.0 Å². The van der Waals surface area contributed by atoms with E-state index in [9.17, 15) is 14.3 Å². The van der Waals surface area contributed by atoms with Gasteiger partial charge in [0.15, 0.2) is 0 Å². The van der Waals surface area contributed by atoms with Crippen molar-refractivity contribution in [3.05, 3.63) is 83.2 Å². The summed E-state index contributed by atoms with van der Waals surface area (Å²) in [4.78, 5) is 17.2. The van der Waals surface area contributed by atoms with Gasteiger partial charge in [0.05, 0.1) is 25.9 Å². The number of aliphatic hydroxyl groups is 2. The van der Waals surface area contributed by atoms with Crippen molar-refractivity contribution >= 4 is 11.8 Å². The van der Waals surface area contributed by atoms with E-state index in [2.05, 4.69) is 22.3 Å². The summed E-state index contributed by atoms with van der Waals surface area (Å²) in [7, 11) is 0. The van der Waals surface area contributed by atoms with Gasteiger partial charge in [-0.2, -0.15) is 0 Å². The third-order valence-corrected chi connectivity index (χ3v) is 9.77. The van der Waals surface area contributed by atoms with Crippen LogP contribution in [0.25, 0.3) is 11.1 Å². The summed E-state index contributed by atoms with van der Waals surface area (Å²) >= 11 is 0. The lowest BCUT2D eigenvalue weighted by Crippen LogP contribution is -2.46. The Morgan fingerprint density at radius 3 is 2.49 bits per heavy atom. The molecule has 2 saturated heterocycles. The first-order valence-electron chi connectivity index (χ1n) is 17.2. The third-order valence-electron chi connectivity index (χ3n) is 9.77. The number of nitrogens with one attached hydrogen (secondary N) is 1. The van der Waals surface area contributed by atoms with Crippen molar-refractivity contribution in [3.8, 4) is 16.9 Å². The molecule has 252 valence electrons. The Labute approximate surface area is 277 Å². The molecular weight excluding hydrogens is 597 g/mol. The molecule has 0 unspecified atom stereocenters. The normalized spacial score (nSPS) is 18.5. The largest absolute Gasteiger partial charge is 0.494 e. The maximum absolute atomic E-state index is 13.7. The lowest BCUT2D eigenvalue weighted by atomic mass is 9.90. The second kappa shape index (κ2) is 15.2. The molecule has 3 N–H and O–H groups in total. The Morgan fingerprint density at radius 1 is 1.06 bits per heavy atom. The van der Waals surface area contributed by atoms with Crippen molar-refractivity contribution in [2.75, 3.05) is 44.3 Å². The van der Waals surface area contributed by atoms with Gasteiger partial charge in [0.1, 0.15) is 17.2 Å². The van der Waals surface area contributed by atoms with E-state index in [1.165, 1.54) is 36.1 Å². The highest BCUT2D eigenvalue weighted by Gasteiger charge is 2.47. The second-order valence-electron chi connectivity index (χ2n) is 13.4. The first-order valence-corrected chi connectivity index (χ1v) is 17.2. The third kappa shape index (κ3) is 8.33. The molecule has 0 bridgehead atoms. The van der Waals surface area contributed by atoms with E-state index < -0.39 is 11.7 Å². The van der Waals surface area contributed by atoms with Gasteiger partial charge in [0.2, 0.25) is 0 Å². The predicted octanol–water partition coefficient (Wildman–Crippen LogP) is 6.37. The fourth-order valence-corrected chi connectivity index (χ4v) is 6.86. The SMILES string of the molecule is CCOc1cc(-c2ccc(F)cc2)c(C2CC2)cc1CN1CCC2(CC1)CN(c1ccc(CNCCCC[C@H](O)CO)cc1)C(=O)O2. The van der Waals surface area contributed by atoms with Crippen LogP contribution in [0.15, 0.2) is 60.7 Å². The molecule has 0 radical (unpaired) electrons. The van der Waals surface area contributed by atoms with Gasteiger partial charge in [-0.15, -0.1) is 0 Å². The fraction of sp³-hybridized carbons (Fsp3) is 0.500. The predicted molar refractivity (Wildman–Crippen MR) is 181 cm³/mol. The van der Waals surface area contributed by atoms with E-state index in [0.29, 0.717) is 25.5 Å². The van der Waals surface area contributed by atoms with Crippen LogP contribution in [0.3, 0.4) is 0 Å². The number of ether oxygens (including phenoxy) is 2. The highest BCUT2D eigenvalue weighted by Crippen LogP contribution is 2.47. The molecule has 1 aliphatic carbocycles. The molecule has 3 aliphatic rings. The monoisotopic (exact) mass is 645 g/mol. The van der Waals surface area contributed by atoms with Gasteiger partial charge in [-0.05, 0) is 110 Å². The first kappa shape index (κ1) is 33.4. The van der Waals surface area contributed by atoms with E-state index >= 15 is 0 Å². The molecule has 2 aliphatic heterocycles. The summed E-state index contributed by atoms with van der Waals surface area (Å²) in [5, 5.41) is 21.8. The van der Waals surface area contributed by atoms with Crippen LogP contribution in [0.1, 0.15) is 74.5 Å². The second-order valence-corrected chi connectivity index (χ2v) is 13.4. The number of anilines is 1. The first-order chi connectivity index (χ1) is 22.9. The summed E-state index contributed by atoms with van der Waals surface area (Å²) in [6.45, 7) is 6.95. The molecule has 9 heteroatoms. The van der Waals surface area contributed by atoms with Gasteiger partial charge in [-0.1, -0.05) is 24.3 Å². The van der Waals surface area contributed by atoms with Crippen molar-refractivity contribution in [3.63, 3.8) is 0 Å². The molecule has 8 nitrogen and oxygen atoms in total. The molecule has 1 saturated carbocycles. The average molecular weight is 646 g/mol. The topological polar surface area (TPSA) is 94.5 Å². The van der Waals surface area contributed by atoms with E-state index in [1.807, 2.05) is 43.3 Å². The zero-order chi connectivity index (χ0) is 32.8. The molecule has 1 atom stereocenters. The number of rotatable bonds is 15. The molecule has 3 aromatic rings. The van der Waals surface area contributed by atoms with Crippen LogP contribution in [-0.2, 0) is 17.8 Å². The summed E-state index contributed by atoms with van der Waals surface area (Å²) in [5.41, 5.74) is 6.16. The number of piperidine rings is 1. The number of nitrogens with zero attached hydrogens (tertiary/aromatic N) is 2. The van der Waals surface area contributed by atoms with Gasteiger partial charge in [-0.3, -0.25) is 9.80 Å². The minimum Gasteiger partial charge on any atom is -0.494 e. The lowest BCUT2D eigenvalue weighted by molar-refractivity contribution is -0.00111. The Bertz CT molecular complexity index is 1490. The Hall–Kier alpha value is -3.50. The summed E-state index contributed by atoms with van der Waals surface area (Å²) in [6, 6.07) is 19.3. The van der Waals surface area contributed by atoms with Gasteiger partial charge in [-0.25, -0.2) is 9.18 Å². The summed E-state index contributed by atoms with van der Waals surface area (Å²) < 4.78 is 25.9. The number of carbonyl (C=O) groups is 1. The van der Waals surface area contributed by atoms with Gasteiger partial charge in [0, 0.05) is 50.3 Å². The van der Waals surface area contributed by atoms with Crippen molar-refractivity contribution in [2.24, 2.45) is 0 Å². The molecule has 3 aromatic carbocycles. The minimum absolute atomic E-state index is 0.183. The Balaban J connectivity index is 1.04. The van der Waals surface area contributed by atoms with E-state index in [1.54, 1.807) is 4.90 Å². The molecule has 1 amide bonds. The molecule has 47 heavy (non-hydrogen) atoms. The molecule has 1 spiro atoms. The highest BCUT2D eigenvalue weighted by molar-refractivity contribution is 5.90. The lowest BCUT2D eigenvalue weighted by Gasteiger charge is -2.37. The number of benzene rings is 3. The van der Waals surface area contributed by atoms with Crippen LogP contribution in [-0.4, -0.2) is 72.3 Å². The number of amides is 1. The molecule has 6 rings (SSSR count). The average Bonchev–Trinajstić information content (AvgIpc) is 3.88. The molecular formula is C38H48FN3O5. The van der Waals surface area contributed by atoms with E-state index in [0.717, 1.165) is 86.5 Å². The smallest absolute Gasteiger partial charge is 0.415 e. The van der Waals surface area contributed by atoms with Crippen molar-refractivity contribution in [1.82, 2.24) is 10.2 Å². The zero-order valence-corrected chi connectivity index (χ0v) is 27.4. The number of halogens is 1. The zero-order valence-electron chi connectivity index (χ0n) is 27.4. The van der Waals surface area contributed by atoms with Gasteiger partial charge >= 0.3 is 6.09 Å². The van der Waals surface area contributed by atoms with Crippen LogP contribution in [0.5, 0.6) is 5.75 Å². The maximum Gasteiger partial charge on any atom is 0.415 e. The number of unbranched alkanes of at least 4 members (excludes halogenated alkanes) is 1. The maximum atomic E-state index is 13.7.